The van der Waals surface area contributed by atoms with Crippen LogP contribution in [-0.4, -0.2) is 9.52 Å². The van der Waals surface area contributed by atoms with E-state index in [2.05, 4.69) is 58.1 Å². The third-order valence-corrected chi connectivity index (χ3v) is 10.5. The van der Waals surface area contributed by atoms with Gasteiger partial charge in [-0.2, -0.15) is 27.9 Å². The number of unbranched alkanes of at least 4 members (excludes halogenated alkanes) is 15. The molecule has 0 fully saturated rings. The number of allylic oxidation sites excluding steroid dienone is 4. The Morgan fingerprint density at radius 3 is 1.62 bits per heavy atom. The Labute approximate surface area is 267 Å². The molecule has 0 N–H and O–H groups in total. The van der Waals surface area contributed by atoms with Gasteiger partial charge < -0.3 is 37.2 Å². The predicted octanol–water partition coefficient (Wildman–Crippen LogP) is 0.325. The summed E-state index contributed by atoms with van der Waals surface area (Å²) in [6.07, 6.45) is 35.0. The number of halogens is 3. The minimum Gasteiger partial charge on any atom is -1.00 e. The van der Waals surface area contributed by atoms with Crippen LogP contribution in [0.5, 0.6) is 0 Å². The van der Waals surface area contributed by atoms with Gasteiger partial charge in [-0.15, -0.1) is 0 Å². The molecule has 1 atom stereocenters. The van der Waals surface area contributed by atoms with Gasteiger partial charge in [0, 0.05) is 9.52 Å². The average molecular weight is 622 g/mol. The molecule has 2 rings (SSSR count). The Kier molecular flexibility index (Phi) is 29.1. The smallest absolute Gasteiger partial charge is 1.00 e. The maximum Gasteiger partial charge on any atom is 4.00 e. The van der Waals surface area contributed by atoms with E-state index in [9.17, 15) is 0 Å². The van der Waals surface area contributed by atoms with Crippen molar-refractivity contribution in [1.82, 2.24) is 0 Å². The van der Waals surface area contributed by atoms with E-state index < -0.39 is 0 Å². The zero-order valence-electron chi connectivity index (χ0n) is 24.5. The molecular weight excluding hydrogens is 567 g/mol. The van der Waals surface area contributed by atoms with Crippen LogP contribution in [0.3, 0.4) is 0 Å². The second-order valence-corrected chi connectivity index (χ2v) is 14.1. The summed E-state index contributed by atoms with van der Waals surface area (Å²) < 4.78 is 0. The molecule has 1 aliphatic rings. The molecule has 5 heteroatoms. The van der Waals surface area contributed by atoms with Gasteiger partial charge in [0.2, 0.25) is 0 Å². The molecule has 1 aromatic rings. The Balaban J connectivity index is -0.00000289. The fourth-order valence-electron chi connectivity index (χ4n) is 5.55. The largest absolute Gasteiger partial charge is 4.00 e. The van der Waals surface area contributed by atoms with Gasteiger partial charge in [0.25, 0.3) is 0 Å². The van der Waals surface area contributed by atoms with Crippen LogP contribution < -0.4 is 42.4 Å². The molecule has 0 heterocycles. The van der Waals surface area contributed by atoms with Gasteiger partial charge in [-0.3, -0.25) is 0 Å². The fourth-order valence-corrected chi connectivity index (χ4v) is 7.87. The van der Waals surface area contributed by atoms with E-state index in [0.29, 0.717) is 5.04 Å². The summed E-state index contributed by atoms with van der Waals surface area (Å²) in [5.74, 6) is 0. The fraction of sp³-hybridized carbons (Fsp3) is 0.719. The number of hydrogen-bond donors (Lipinski definition) is 0. The number of aryl methyl sites for hydroxylation is 1. The van der Waals surface area contributed by atoms with Gasteiger partial charge in [-0.25, -0.2) is 0 Å². The molecule has 1 aliphatic carbocycles. The van der Waals surface area contributed by atoms with Crippen LogP contribution in [0.15, 0.2) is 30.4 Å². The van der Waals surface area contributed by atoms with E-state index in [1.165, 1.54) is 116 Å². The zero-order valence-corrected chi connectivity index (χ0v) is 29.7. The maximum absolute atomic E-state index is 2.60. The summed E-state index contributed by atoms with van der Waals surface area (Å²) in [5.41, 5.74) is 4.86. The Bertz CT molecular complexity index is 713. The second-order valence-electron chi connectivity index (χ2n) is 11.3. The minimum atomic E-state index is -0.278. The Hall–Kier alpha value is 0.631. The van der Waals surface area contributed by atoms with E-state index in [1.54, 1.807) is 21.9 Å². The van der Waals surface area contributed by atoms with Crippen LogP contribution in [0.25, 0.3) is 0 Å². The average Bonchev–Trinajstić information content (AvgIpc) is 3.06. The molecule has 212 valence electrons. The molecule has 0 aliphatic heterocycles. The topological polar surface area (TPSA) is 0 Å². The van der Waals surface area contributed by atoms with Crippen molar-refractivity contribution in [2.24, 2.45) is 0 Å². The van der Waals surface area contributed by atoms with Gasteiger partial charge in [-0.1, -0.05) is 161 Å². The van der Waals surface area contributed by atoms with Crippen LogP contribution in [0.2, 0.25) is 5.04 Å². The molecule has 0 saturated carbocycles. The van der Waals surface area contributed by atoms with Crippen molar-refractivity contribution in [3.8, 4) is 0 Å². The van der Waals surface area contributed by atoms with E-state index in [0.717, 1.165) is 0 Å². The van der Waals surface area contributed by atoms with E-state index >= 15 is 0 Å². The maximum atomic E-state index is 2.60. The summed E-state index contributed by atoms with van der Waals surface area (Å²) in [5, 5.41) is 2.16. The van der Waals surface area contributed by atoms with Crippen LogP contribution in [0.1, 0.15) is 140 Å². The van der Waals surface area contributed by atoms with Crippen LogP contribution in [0.4, 0.5) is 0 Å². The molecule has 0 saturated heterocycles. The van der Waals surface area contributed by atoms with Crippen molar-refractivity contribution in [1.29, 1.82) is 0 Å². The van der Waals surface area contributed by atoms with Crippen molar-refractivity contribution < 1.29 is 58.9 Å². The van der Waals surface area contributed by atoms with Crippen molar-refractivity contribution in [3.05, 3.63) is 47.1 Å². The zero-order chi connectivity index (χ0) is 23.8. The third-order valence-electron chi connectivity index (χ3n) is 8.10. The van der Waals surface area contributed by atoms with Crippen LogP contribution in [-0.2, 0) is 28.1 Å². The van der Waals surface area contributed by atoms with E-state index in [1.807, 2.05) is 0 Å². The molecule has 1 aromatic carbocycles. The molecule has 1 unspecified atom stereocenters. The van der Waals surface area contributed by atoms with Gasteiger partial charge in [0.15, 0.2) is 0 Å². The van der Waals surface area contributed by atoms with Crippen LogP contribution in [0, 0.1) is 13.8 Å². The van der Waals surface area contributed by atoms with Crippen molar-refractivity contribution >= 4 is 14.7 Å². The molecule has 0 radical (unpaired) electrons. The molecular formula is C32H55Cl3SiTi. The first kappa shape index (κ1) is 42.1. The van der Waals surface area contributed by atoms with Crippen molar-refractivity contribution in [3.63, 3.8) is 0 Å². The quantitative estimate of drug-likeness (QED) is 0.119. The summed E-state index contributed by atoms with van der Waals surface area (Å²) in [7, 11) is -0.278. The van der Waals surface area contributed by atoms with Gasteiger partial charge in [-0.05, 0) is 11.5 Å². The van der Waals surface area contributed by atoms with Gasteiger partial charge in [0.1, 0.15) is 0 Å². The Morgan fingerprint density at radius 1 is 0.730 bits per heavy atom. The number of rotatable bonds is 19. The van der Waals surface area contributed by atoms with Gasteiger partial charge in [0.05, 0.1) is 0 Å². The molecule has 37 heavy (non-hydrogen) atoms. The first-order valence-electron chi connectivity index (χ1n) is 14.6. The third kappa shape index (κ3) is 17.8. The predicted molar refractivity (Wildman–Crippen MR) is 154 cm³/mol. The summed E-state index contributed by atoms with van der Waals surface area (Å²) in [6.45, 7) is 9.52. The monoisotopic (exact) mass is 620 g/mol. The minimum absolute atomic E-state index is 0. The Morgan fingerprint density at radius 2 is 1.19 bits per heavy atom. The molecule has 0 spiro atoms. The normalized spacial score (nSPS) is 16.2. The summed E-state index contributed by atoms with van der Waals surface area (Å²) in [4.78, 5) is 0. The number of hydrogen-bond acceptors (Lipinski definition) is 0. The molecule has 0 aromatic heterocycles. The standard InChI is InChI=1S/C32H55Si.3ClH.Ti/c1-5-6-7-8-9-10-11-12-13-14-15-16-17-18-19-21-24-30-27-31(29(3)28(30)2)33-32(4)25-22-20-23-26-32;;;;/h20,22-23,25,27H,5-19,21,24,26,33H2,1-4H3;3*1H;/q-1;;;;+4/p-3. The van der Waals surface area contributed by atoms with E-state index in [4.69, 9.17) is 0 Å². The van der Waals surface area contributed by atoms with Gasteiger partial charge >= 0.3 is 21.7 Å². The first-order chi connectivity index (χ1) is 16.1. The molecule has 0 bridgehead atoms. The van der Waals surface area contributed by atoms with Crippen LogP contribution >= 0.6 is 0 Å². The first-order valence-corrected chi connectivity index (χ1v) is 16.1. The summed E-state index contributed by atoms with van der Waals surface area (Å²) >= 11 is 0. The molecule has 0 nitrogen and oxygen atoms in total. The van der Waals surface area contributed by atoms with Crippen molar-refractivity contribution in [2.75, 3.05) is 0 Å². The SMILES string of the molecule is CCCCCCCCCCCCCCCCCCc1c[c-]([SiH2]C2(C)C=CC=CC2)c(C)c1C.[Cl-].[Cl-].[Cl-].[Ti+4]. The van der Waals surface area contributed by atoms with Crippen molar-refractivity contribution in [2.45, 2.75) is 148 Å². The van der Waals surface area contributed by atoms with E-state index in [-0.39, 0.29) is 68.5 Å². The molecule has 0 amide bonds. The summed E-state index contributed by atoms with van der Waals surface area (Å²) in [6, 6.07) is 2.60. The second kappa shape index (κ2) is 25.6.